The minimum Gasteiger partial charge on any atom is -0.379 e. The summed E-state index contributed by atoms with van der Waals surface area (Å²) >= 11 is 3.18. The summed E-state index contributed by atoms with van der Waals surface area (Å²) in [6.07, 6.45) is 0.907. The fraction of sp³-hybridized carbons (Fsp3) is 0.364. The molecular weight excluding hydrogens is 289 g/mol. The van der Waals surface area contributed by atoms with Crippen molar-refractivity contribution in [3.63, 3.8) is 0 Å². The number of fused-ring (bicyclic) bond motifs is 1. The lowest BCUT2D eigenvalue weighted by Gasteiger charge is -2.12. The van der Waals surface area contributed by atoms with Crippen molar-refractivity contribution in [2.75, 3.05) is 18.9 Å². The van der Waals surface area contributed by atoms with Gasteiger partial charge in [-0.25, -0.2) is 9.37 Å². The van der Waals surface area contributed by atoms with Gasteiger partial charge in [0.2, 0.25) is 5.95 Å². The van der Waals surface area contributed by atoms with Gasteiger partial charge in [0, 0.05) is 12.7 Å². The third-order valence-corrected chi connectivity index (χ3v) is 3.64. The number of nitrogen functional groups attached to an aromatic ring is 1. The first kappa shape index (κ1) is 11.0. The molecule has 0 bridgehead atoms. The van der Waals surface area contributed by atoms with Crippen molar-refractivity contribution in [3.8, 4) is 0 Å². The molecule has 2 N–H and O–H groups in total. The summed E-state index contributed by atoms with van der Waals surface area (Å²) in [5.41, 5.74) is 7.31. The summed E-state index contributed by atoms with van der Waals surface area (Å²) in [7, 11) is 0. The zero-order valence-electron chi connectivity index (χ0n) is 8.99. The Labute approximate surface area is 106 Å². The average Bonchev–Trinajstić information content (AvgIpc) is 2.86. The number of aromatic nitrogens is 2. The van der Waals surface area contributed by atoms with Gasteiger partial charge in [-0.05, 0) is 28.4 Å². The van der Waals surface area contributed by atoms with Gasteiger partial charge in [-0.1, -0.05) is 0 Å². The Morgan fingerprint density at radius 2 is 2.35 bits per heavy atom. The van der Waals surface area contributed by atoms with E-state index in [-0.39, 0.29) is 11.9 Å². The molecular formula is C11H11BrFN3O. The van der Waals surface area contributed by atoms with Crippen LogP contribution in [0.25, 0.3) is 11.0 Å². The number of rotatable bonds is 1. The molecule has 1 unspecified atom stereocenters. The second kappa shape index (κ2) is 3.96. The lowest BCUT2D eigenvalue weighted by Crippen LogP contribution is -2.11. The molecule has 2 heterocycles. The summed E-state index contributed by atoms with van der Waals surface area (Å²) in [5.74, 6) is 0.0813. The highest BCUT2D eigenvalue weighted by Gasteiger charge is 2.22. The number of ether oxygens (including phenoxy) is 1. The van der Waals surface area contributed by atoms with Crippen LogP contribution in [0, 0.1) is 5.82 Å². The van der Waals surface area contributed by atoms with E-state index in [1.54, 1.807) is 6.07 Å². The van der Waals surface area contributed by atoms with E-state index in [1.165, 1.54) is 6.07 Å². The highest BCUT2D eigenvalue weighted by molar-refractivity contribution is 9.10. The first-order chi connectivity index (χ1) is 8.16. The Kier molecular flexibility index (Phi) is 2.56. The summed E-state index contributed by atoms with van der Waals surface area (Å²) in [6.45, 7) is 1.36. The van der Waals surface area contributed by atoms with Crippen molar-refractivity contribution in [2.24, 2.45) is 0 Å². The van der Waals surface area contributed by atoms with Gasteiger partial charge in [0.25, 0.3) is 0 Å². The van der Waals surface area contributed by atoms with Crippen LogP contribution in [0.4, 0.5) is 10.3 Å². The van der Waals surface area contributed by atoms with Gasteiger partial charge in [-0.15, -0.1) is 0 Å². The van der Waals surface area contributed by atoms with Crippen LogP contribution in [0.2, 0.25) is 0 Å². The highest BCUT2D eigenvalue weighted by Crippen LogP contribution is 2.30. The van der Waals surface area contributed by atoms with Gasteiger partial charge in [0.15, 0.2) is 0 Å². The summed E-state index contributed by atoms with van der Waals surface area (Å²) in [4.78, 5) is 4.18. The third-order valence-electron chi connectivity index (χ3n) is 3.03. The zero-order chi connectivity index (χ0) is 12.0. The van der Waals surface area contributed by atoms with E-state index >= 15 is 0 Å². The predicted molar refractivity (Wildman–Crippen MR) is 66.3 cm³/mol. The number of nitrogens with two attached hydrogens (primary N) is 1. The number of nitrogens with zero attached hydrogens (tertiary/aromatic N) is 2. The van der Waals surface area contributed by atoms with E-state index in [2.05, 4.69) is 20.9 Å². The van der Waals surface area contributed by atoms with Crippen molar-refractivity contribution in [1.29, 1.82) is 0 Å². The molecule has 1 aliphatic heterocycles. The second-order valence-corrected chi connectivity index (χ2v) is 4.97. The molecule has 2 aromatic rings. The highest BCUT2D eigenvalue weighted by atomic mass is 79.9. The minimum atomic E-state index is -0.329. The third kappa shape index (κ3) is 1.71. The summed E-state index contributed by atoms with van der Waals surface area (Å²) in [6, 6.07) is 3.30. The van der Waals surface area contributed by atoms with Crippen molar-refractivity contribution in [2.45, 2.75) is 12.5 Å². The lowest BCUT2D eigenvalue weighted by atomic mass is 10.2. The molecule has 3 rings (SSSR count). The monoisotopic (exact) mass is 299 g/mol. The molecule has 1 aromatic heterocycles. The number of hydrogen-bond donors (Lipinski definition) is 1. The summed E-state index contributed by atoms with van der Waals surface area (Å²) in [5, 5.41) is 0. The molecule has 17 heavy (non-hydrogen) atoms. The molecule has 0 radical (unpaired) electrons. The van der Waals surface area contributed by atoms with E-state index in [0.29, 0.717) is 22.5 Å². The van der Waals surface area contributed by atoms with Crippen LogP contribution in [-0.2, 0) is 4.74 Å². The smallest absolute Gasteiger partial charge is 0.201 e. The van der Waals surface area contributed by atoms with Gasteiger partial charge in [-0.2, -0.15) is 0 Å². The molecule has 4 nitrogen and oxygen atoms in total. The lowest BCUT2D eigenvalue weighted by molar-refractivity contribution is 0.187. The fourth-order valence-corrected chi connectivity index (χ4v) is 2.55. The van der Waals surface area contributed by atoms with E-state index in [0.717, 1.165) is 18.5 Å². The Hall–Kier alpha value is -1.14. The van der Waals surface area contributed by atoms with Gasteiger partial charge >= 0.3 is 0 Å². The second-order valence-electron chi connectivity index (χ2n) is 4.11. The number of hydrogen-bond acceptors (Lipinski definition) is 3. The van der Waals surface area contributed by atoms with Crippen molar-refractivity contribution in [3.05, 3.63) is 22.4 Å². The van der Waals surface area contributed by atoms with E-state index in [1.807, 2.05) is 4.57 Å². The van der Waals surface area contributed by atoms with Gasteiger partial charge in [-0.3, -0.25) is 0 Å². The molecule has 0 spiro atoms. The van der Waals surface area contributed by atoms with Crippen molar-refractivity contribution >= 4 is 32.9 Å². The van der Waals surface area contributed by atoms with E-state index in [4.69, 9.17) is 10.5 Å². The Balaban J connectivity index is 2.22. The van der Waals surface area contributed by atoms with Crippen LogP contribution in [0.15, 0.2) is 16.6 Å². The largest absolute Gasteiger partial charge is 0.379 e. The first-order valence-corrected chi connectivity index (χ1v) is 6.16. The molecule has 90 valence electrons. The maximum absolute atomic E-state index is 13.4. The maximum Gasteiger partial charge on any atom is 0.201 e. The molecule has 1 fully saturated rings. The molecule has 1 aromatic carbocycles. The standard InChI is InChI=1S/C11H11BrFN3O/c12-7-3-10-9(4-8(7)13)15-11(14)16(10)6-1-2-17-5-6/h3-4,6H,1-2,5H2,(H2,14,15). The Morgan fingerprint density at radius 1 is 1.53 bits per heavy atom. The molecule has 1 atom stereocenters. The summed E-state index contributed by atoms with van der Waals surface area (Å²) < 4.78 is 21.1. The molecule has 0 amide bonds. The van der Waals surface area contributed by atoms with E-state index < -0.39 is 0 Å². The predicted octanol–water partition coefficient (Wildman–Crippen LogP) is 2.48. The van der Waals surface area contributed by atoms with Gasteiger partial charge in [0.1, 0.15) is 5.82 Å². The van der Waals surface area contributed by atoms with Crippen molar-refractivity contribution in [1.82, 2.24) is 9.55 Å². The quantitative estimate of drug-likeness (QED) is 0.880. The van der Waals surface area contributed by atoms with Crippen LogP contribution in [-0.4, -0.2) is 22.8 Å². The number of imidazole rings is 1. The maximum atomic E-state index is 13.4. The van der Waals surface area contributed by atoms with E-state index in [9.17, 15) is 4.39 Å². The SMILES string of the molecule is Nc1nc2cc(F)c(Br)cc2n1C1CCOC1. The van der Waals surface area contributed by atoms with Crippen LogP contribution >= 0.6 is 15.9 Å². The number of benzene rings is 1. The zero-order valence-corrected chi connectivity index (χ0v) is 10.6. The van der Waals surface area contributed by atoms with Crippen LogP contribution in [0.3, 0.4) is 0 Å². The molecule has 0 saturated carbocycles. The van der Waals surface area contributed by atoms with Crippen molar-refractivity contribution < 1.29 is 9.13 Å². The molecule has 1 aliphatic rings. The first-order valence-electron chi connectivity index (χ1n) is 5.37. The fourth-order valence-electron chi connectivity index (χ4n) is 2.22. The Bertz CT molecular complexity index is 578. The molecule has 0 aliphatic carbocycles. The molecule has 1 saturated heterocycles. The Morgan fingerprint density at radius 3 is 3.06 bits per heavy atom. The van der Waals surface area contributed by atoms with Gasteiger partial charge < -0.3 is 15.0 Å². The number of anilines is 1. The van der Waals surface area contributed by atoms with Crippen LogP contribution in [0.5, 0.6) is 0 Å². The van der Waals surface area contributed by atoms with Crippen LogP contribution < -0.4 is 5.73 Å². The normalized spacial score (nSPS) is 20.2. The molecule has 6 heteroatoms. The number of halogens is 2. The minimum absolute atomic E-state index is 0.192. The van der Waals surface area contributed by atoms with Crippen LogP contribution in [0.1, 0.15) is 12.5 Å². The average molecular weight is 300 g/mol. The van der Waals surface area contributed by atoms with Gasteiger partial charge in [0.05, 0.1) is 28.2 Å². The topological polar surface area (TPSA) is 53.1 Å².